The molecule has 0 amide bonds. The molecule has 0 N–H and O–H groups in total. The van der Waals surface area contributed by atoms with E-state index in [9.17, 15) is 4.79 Å². The van der Waals surface area contributed by atoms with E-state index in [4.69, 9.17) is 0 Å². The molecule has 1 nitrogen and oxygen atoms in total. The standard InChI is InChI=1S/C17H26O/c1-3-5-7-10-15-12-9-13-16(17(15)14-18)11-8-6-4-2/h9,12-14H,3-8,10-11H2,1-2H3. The Bertz CT molecular complexity index is 326. The maximum absolute atomic E-state index is 11.3. The van der Waals surface area contributed by atoms with Gasteiger partial charge < -0.3 is 0 Å². The molecular formula is C17H26O. The van der Waals surface area contributed by atoms with Gasteiger partial charge in [0, 0.05) is 5.56 Å². The maximum atomic E-state index is 11.3. The number of aldehydes is 1. The van der Waals surface area contributed by atoms with Crippen molar-refractivity contribution in [2.45, 2.75) is 65.2 Å². The van der Waals surface area contributed by atoms with Crippen LogP contribution in [-0.4, -0.2) is 6.29 Å². The summed E-state index contributed by atoms with van der Waals surface area (Å²) >= 11 is 0. The van der Waals surface area contributed by atoms with E-state index in [1.807, 2.05) is 0 Å². The van der Waals surface area contributed by atoms with Crippen LogP contribution in [-0.2, 0) is 12.8 Å². The number of hydrogen-bond donors (Lipinski definition) is 0. The molecular weight excluding hydrogens is 220 g/mol. The molecule has 0 bridgehead atoms. The van der Waals surface area contributed by atoms with Crippen molar-refractivity contribution in [3.05, 3.63) is 34.9 Å². The molecule has 0 radical (unpaired) electrons. The number of rotatable bonds is 9. The highest BCUT2D eigenvalue weighted by atomic mass is 16.1. The Hall–Kier alpha value is -1.11. The number of hydrogen-bond acceptors (Lipinski definition) is 1. The summed E-state index contributed by atoms with van der Waals surface area (Å²) in [5.74, 6) is 0. The fraction of sp³-hybridized carbons (Fsp3) is 0.588. The minimum absolute atomic E-state index is 0.963. The Morgan fingerprint density at radius 3 is 1.78 bits per heavy atom. The highest BCUT2D eigenvalue weighted by Gasteiger charge is 2.07. The normalized spacial score (nSPS) is 10.6. The zero-order valence-electron chi connectivity index (χ0n) is 11.9. The fourth-order valence-electron chi connectivity index (χ4n) is 2.38. The van der Waals surface area contributed by atoms with Crippen LogP contribution < -0.4 is 0 Å². The summed E-state index contributed by atoms with van der Waals surface area (Å²) in [5, 5.41) is 0. The zero-order chi connectivity index (χ0) is 13.2. The van der Waals surface area contributed by atoms with Crippen LogP contribution in [0.5, 0.6) is 0 Å². The van der Waals surface area contributed by atoms with Crippen molar-refractivity contribution in [3.63, 3.8) is 0 Å². The molecule has 1 aromatic rings. The Morgan fingerprint density at radius 2 is 1.39 bits per heavy atom. The van der Waals surface area contributed by atoms with Gasteiger partial charge in [-0.15, -0.1) is 0 Å². The highest BCUT2D eigenvalue weighted by molar-refractivity contribution is 5.79. The Balaban J connectivity index is 2.71. The molecule has 0 saturated carbocycles. The summed E-state index contributed by atoms with van der Waals surface area (Å²) < 4.78 is 0. The van der Waals surface area contributed by atoms with Crippen LogP contribution in [0.3, 0.4) is 0 Å². The third kappa shape index (κ3) is 4.64. The van der Waals surface area contributed by atoms with E-state index < -0.39 is 0 Å². The van der Waals surface area contributed by atoms with Crippen LogP contribution in [0.2, 0.25) is 0 Å². The van der Waals surface area contributed by atoms with Gasteiger partial charge >= 0.3 is 0 Å². The summed E-state index contributed by atoms with van der Waals surface area (Å²) in [4.78, 5) is 11.3. The lowest BCUT2D eigenvalue weighted by atomic mass is 9.94. The number of carbonyl (C=O) groups is 1. The molecule has 18 heavy (non-hydrogen) atoms. The van der Waals surface area contributed by atoms with Crippen molar-refractivity contribution in [2.24, 2.45) is 0 Å². The first-order valence-electron chi connectivity index (χ1n) is 7.39. The third-order valence-corrected chi connectivity index (χ3v) is 3.50. The molecule has 1 heteroatoms. The van der Waals surface area contributed by atoms with Gasteiger partial charge in [-0.3, -0.25) is 4.79 Å². The smallest absolute Gasteiger partial charge is 0.150 e. The molecule has 0 fully saturated rings. The molecule has 1 rings (SSSR count). The van der Waals surface area contributed by atoms with Crippen molar-refractivity contribution in [1.82, 2.24) is 0 Å². The van der Waals surface area contributed by atoms with Gasteiger partial charge in [-0.25, -0.2) is 0 Å². The minimum atomic E-state index is 0.963. The van der Waals surface area contributed by atoms with E-state index in [0.29, 0.717) is 0 Å². The van der Waals surface area contributed by atoms with Crippen LogP contribution in [0.4, 0.5) is 0 Å². The highest BCUT2D eigenvalue weighted by Crippen LogP contribution is 2.18. The minimum Gasteiger partial charge on any atom is -0.298 e. The summed E-state index contributed by atoms with van der Waals surface area (Å²) in [6.45, 7) is 4.42. The quantitative estimate of drug-likeness (QED) is 0.444. The second-order valence-corrected chi connectivity index (χ2v) is 5.02. The summed E-state index contributed by atoms with van der Waals surface area (Å²) in [7, 11) is 0. The fourth-order valence-corrected chi connectivity index (χ4v) is 2.38. The van der Waals surface area contributed by atoms with Crippen molar-refractivity contribution in [2.75, 3.05) is 0 Å². The van der Waals surface area contributed by atoms with Crippen molar-refractivity contribution in [3.8, 4) is 0 Å². The average Bonchev–Trinajstić information content (AvgIpc) is 2.39. The number of benzene rings is 1. The number of unbranched alkanes of at least 4 members (excludes halogenated alkanes) is 4. The van der Waals surface area contributed by atoms with Gasteiger partial charge in [0.15, 0.2) is 6.29 Å². The molecule has 100 valence electrons. The van der Waals surface area contributed by atoms with Gasteiger partial charge in [-0.05, 0) is 36.8 Å². The Morgan fingerprint density at radius 1 is 0.889 bits per heavy atom. The van der Waals surface area contributed by atoms with E-state index in [2.05, 4.69) is 32.0 Å². The van der Waals surface area contributed by atoms with Crippen LogP contribution in [0.1, 0.15) is 73.9 Å². The van der Waals surface area contributed by atoms with Gasteiger partial charge in [0.2, 0.25) is 0 Å². The molecule has 0 saturated heterocycles. The molecule has 1 aromatic carbocycles. The summed E-state index contributed by atoms with van der Waals surface area (Å²) in [5.41, 5.74) is 3.45. The number of aryl methyl sites for hydroxylation is 2. The average molecular weight is 246 g/mol. The van der Waals surface area contributed by atoms with Crippen molar-refractivity contribution >= 4 is 6.29 Å². The predicted octanol–water partition coefficient (Wildman–Crippen LogP) is 4.96. The van der Waals surface area contributed by atoms with Crippen LogP contribution >= 0.6 is 0 Å². The van der Waals surface area contributed by atoms with E-state index in [0.717, 1.165) is 24.7 Å². The number of carbonyl (C=O) groups excluding carboxylic acids is 1. The largest absolute Gasteiger partial charge is 0.298 e. The lowest BCUT2D eigenvalue weighted by Gasteiger charge is -2.10. The van der Waals surface area contributed by atoms with Gasteiger partial charge in [-0.1, -0.05) is 57.7 Å². The SMILES string of the molecule is CCCCCc1cccc(CCCCC)c1C=O. The molecule has 0 spiro atoms. The molecule has 0 aliphatic carbocycles. The molecule has 0 heterocycles. The topological polar surface area (TPSA) is 17.1 Å². The van der Waals surface area contributed by atoms with Crippen LogP contribution in [0.25, 0.3) is 0 Å². The van der Waals surface area contributed by atoms with E-state index in [1.165, 1.54) is 49.7 Å². The summed E-state index contributed by atoms with van der Waals surface area (Å²) in [6, 6.07) is 6.33. The maximum Gasteiger partial charge on any atom is 0.150 e. The molecule has 0 aliphatic rings. The van der Waals surface area contributed by atoms with E-state index in [-0.39, 0.29) is 0 Å². The van der Waals surface area contributed by atoms with Gasteiger partial charge in [0.05, 0.1) is 0 Å². The predicted molar refractivity (Wildman–Crippen MR) is 78.3 cm³/mol. The van der Waals surface area contributed by atoms with Crippen LogP contribution in [0.15, 0.2) is 18.2 Å². The zero-order valence-corrected chi connectivity index (χ0v) is 11.9. The molecule has 0 unspecified atom stereocenters. The molecule has 0 aliphatic heterocycles. The van der Waals surface area contributed by atoms with E-state index in [1.54, 1.807) is 0 Å². The Labute approximate surface area is 112 Å². The van der Waals surface area contributed by atoms with Crippen LogP contribution in [0, 0.1) is 0 Å². The molecule has 0 atom stereocenters. The lowest BCUT2D eigenvalue weighted by molar-refractivity contribution is 0.112. The first-order valence-corrected chi connectivity index (χ1v) is 7.39. The summed E-state index contributed by atoms with van der Waals surface area (Å²) in [6.07, 6.45) is 10.5. The first kappa shape index (κ1) is 14.9. The van der Waals surface area contributed by atoms with Crippen molar-refractivity contribution in [1.29, 1.82) is 0 Å². The third-order valence-electron chi connectivity index (χ3n) is 3.50. The monoisotopic (exact) mass is 246 g/mol. The van der Waals surface area contributed by atoms with Gasteiger partial charge in [0.25, 0.3) is 0 Å². The molecule has 0 aromatic heterocycles. The van der Waals surface area contributed by atoms with E-state index >= 15 is 0 Å². The lowest BCUT2D eigenvalue weighted by Crippen LogP contribution is -2.00. The second kappa shape index (κ2) is 8.91. The second-order valence-electron chi connectivity index (χ2n) is 5.02. The van der Waals surface area contributed by atoms with Gasteiger partial charge in [0.1, 0.15) is 0 Å². The first-order chi connectivity index (χ1) is 8.83. The van der Waals surface area contributed by atoms with Crippen molar-refractivity contribution < 1.29 is 4.79 Å². The Kier molecular flexibility index (Phi) is 7.40. The van der Waals surface area contributed by atoms with Gasteiger partial charge in [-0.2, -0.15) is 0 Å².